The molecule has 1 aromatic carbocycles. The highest BCUT2D eigenvalue weighted by atomic mass is 16.5. The fourth-order valence-electron chi connectivity index (χ4n) is 1.18. The van der Waals surface area contributed by atoms with Crippen molar-refractivity contribution < 1.29 is 24.2 Å². The van der Waals surface area contributed by atoms with E-state index in [9.17, 15) is 9.59 Å². The van der Waals surface area contributed by atoms with Gasteiger partial charge in [-0.05, 0) is 12.1 Å². The minimum atomic E-state index is -1.00. The Morgan fingerprint density at radius 2 is 1.89 bits per heavy atom. The van der Waals surface area contributed by atoms with Crippen molar-refractivity contribution in [2.45, 2.75) is 12.8 Å². The molecule has 98 valence electrons. The molecule has 1 rings (SSSR count). The third-order valence-corrected chi connectivity index (χ3v) is 2.06. The Balaban J connectivity index is 2.20. The third-order valence-electron chi connectivity index (χ3n) is 2.06. The molecular weight excluding hydrogens is 238 g/mol. The number of carboxylic acids is 1. The topological polar surface area (TPSA) is 98.9 Å². The van der Waals surface area contributed by atoms with Crippen molar-refractivity contribution in [2.24, 2.45) is 0 Å². The molecule has 0 bridgehead atoms. The van der Waals surface area contributed by atoms with Gasteiger partial charge in [-0.1, -0.05) is 12.1 Å². The van der Waals surface area contributed by atoms with Crippen molar-refractivity contribution in [2.75, 3.05) is 18.9 Å². The summed E-state index contributed by atoms with van der Waals surface area (Å²) in [5, 5.41) is 8.35. The van der Waals surface area contributed by atoms with E-state index >= 15 is 0 Å². The molecule has 0 fully saturated rings. The van der Waals surface area contributed by atoms with Gasteiger partial charge in [0.05, 0.1) is 25.1 Å². The van der Waals surface area contributed by atoms with Crippen LogP contribution in [0.25, 0.3) is 0 Å². The summed E-state index contributed by atoms with van der Waals surface area (Å²) in [6, 6.07) is 6.95. The molecule has 0 aliphatic carbocycles. The van der Waals surface area contributed by atoms with Crippen molar-refractivity contribution in [3.8, 4) is 5.75 Å². The third kappa shape index (κ3) is 5.20. The molecule has 0 aliphatic heterocycles. The van der Waals surface area contributed by atoms with Crippen LogP contribution in [0, 0.1) is 0 Å². The predicted octanol–water partition coefficient (Wildman–Crippen LogP) is 1.06. The van der Waals surface area contributed by atoms with Crippen LogP contribution in [0.3, 0.4) is 0 Å². The standard InChI is InChI=1S/C12H15NO5/c13-9-3-1-2-4-10(9)17-8-6-12(16)18-7-5-11(14)15/h1-4H,5-8,13H2,(H,14,15). The van der Waals surface area contributed by atoms with Gasteiger partial charge in [0, 0.05) is 0 Å². The molecule has 0 saturated carbocycles. The lowest BCUT2D eigenvalue weighted by Crippen LogP contribution is -2.12. The normalized spacial score (nSPS) is 9.78. The Morgan fingerprint density at radius 3 is 2.56 bits per heavy atom. The molecule has 0 amide bonds. The SMILES string of the molecule is Nc1ccccc1OCCC(=O)OCCC(=O)O. The lowest BCUT2D eigenvalue weighted by Gasteiger charge is -2.08. The fraction of sp³-hybridized carbons (Fsp3) is 0.333. The highest BCUT2D eigenvalue weighted by molar-refractivity contribution is 5.71. The molecule has 0 atom stereocenters. The number of anilines is 1. The summed E-state index contributed by atoms with van der Waals surface area (Å²) in [5.41, 5.74) is 6.14. The smallest absolute Gasteiger partial charge is 0.309 e. The first-order valence-electron chi connectivity index (χ1n) is 5.44. The van der Waals surface area contributed by atoms with Gasteiger partial charge in [-0.3, -0.25) is 9.59 Å². The summed E-state index contributed by atoms with van der Waals surface area (Å²) in [7, 11) is 0. The van der Waals surface area contributed by atoms with E-state index in [4.69, 9.17) is 20.3 Å². The second-order valence-corrected chi connectivity index (χ2v) is 3.50. The number of ether oxygens (including phenoxy) is 2. The lowest BCUT2D eigenvalue weighted by atomic mass is 10.3. The van der Waals surface area contributed by atoms with Crippen LogP contribution in [0.2, 0.25) is 0 Å². The second kappa shape index (κ2) is 7.16. The molecule has 0 radical (unpaired) electrons. The summed E-state index contributed by atoms with van der Waals surface area (Å²) < 4.78 is 9.98. The Kier molecular flexibility index (Phi) is 5.50. The molecule has 0 heterocycles. The van der Waals surface area contributed by atoms with Crippen molar-refractivity contribution >= 4 is 17.6 Å². The number of nitrogen functional groups attached to an aromatic ring is 1. The predicted molar refractivity (Wildman–Crippen MR) is 64.2 cm³/mol. The number of rotatable bonds is 7. The second-order valence-electron chi connectivity index (χ2n) is 3.50. The first-order valence-corrected chi connectivity index (χ1v) is 5.44. The molecule has 0 unspecified atom stereocenters. The van der Waals surface area contributed by atoms with E-state index in [1.165, 1.54) is 0 Å². The Morgan fingerprint density at radius 1 is 1.17 bits per heavy atom. The first-order chi connectivity index (χ1) is 8.59. The number of hydrogen-bond acceptors (Lipinski definition) is 5. The molecule has 0 aliphatic rings. The average molecular weight is 253 g/mol. The van der Waals surface area contributed by atoms with Gasteiger partial charge in [0.2, 0.25) is 0 Å². The first kappa shape index (κ1) is 13.8. The number of para-hydroxylation sites is 2. The molecule has 6 nitrogen and oxygen atoms in total. The van der Waals surface area contributed by atoms with E-state index in [1.807, 2.05) is 0 Å². The van der Waals surface area contributed by atoms with Gasteiger partial charge in [-0.15, -0.1) is 0 Å². The van der Waals surface area contributed by atoms with Crippen LogP contribution in [0.4, 0.5) is 5.69 Å². The molecule has 18 heavy (non-hydrogen) atoms. The van der Waals surface area contributed by atoms with Crippen LogP contribution in [0.5, 0.6) is 5.75 Å². The minimum absolute atomic E-state index is 0.0496. The maximum absolute atomic E-state index is 11.2. The van der Waals surface area contributed by atoms with Gasteiger partial charge in [-0.25, -0.2) is 0 Å². The van der Waals surface area contributed by atoms with Gasteiger partial charge in [0.15, 0.2) is 0 Å². The van der Waals surface area contributed by atoms with Crippen molar-refractivity contribution in [3.05, 3.63) is 24.3 Å². The Labute approximate surface area is 104 Å². The van der Waals surface area contributed by atoms with Crippen molar-refractivity contribution in [1.29, 1.82) is 0 Å². The van der Waals surface area contributed by atoms with E-state index in [0.29, 0.717) is 11.4 Å². The number of carbonyl (C=O) groups excluding carboxylic acids is 1. The van der Waals surface area contributed by atoms with E-state index in [0.717, 1.165) is 0 Å². The lowest BCUT2D eigenvalue weighted by molar-refractivity contribution is -0.146. The van der Waals surface area contributed by atoms with Gasteiger partial charge >= 0.3 is 11.9 Å². The van der Waals surface area contributed by atoms with Crippen LogP contribution >= 0.6 is 0 Å². The van der Waals surface area contributed by atoms with Gasteiger partial charge in [0.1, 0.15) is 12.4 Å². The number of aliphatic carboxylic acids is 1. The fourth-order valence-corrected chi connectivity index (χ4v) is 1.18. The van der Waals surface area contributed by atoms with Crippen LogP contribution in [0.1, 0.15) is 12.8 Å². The monoisotopic (exact) mass is 253 g/mol. The summed E-state index contributed by atoms with van der Waals surface area (Å²) in [6.45, 7) is 0.0156. The molecule has 6 heteroatoms. The molecule has 3 N–H and O–H groups in total. The zero-order chi connectivity index (χ0) is 13.4. The zero-order valence-electron chi connectivity index (χ0n) is 9.80. The van der Waals surface area contributed by atoms with Crippen molar-refractivity contribution in [1.82, 2.24) is 0 Å². The quantitative estimate of drug-likeness (QED) is 0.556. The Bertz CT molecular complexity index is 419. The number of carboxylic acid groups (broad SMARTS) is 1. The van der Waals surface area contributed by atoms with E-state index in [1.54, 1.807) is 24.3 Å². The molecule has 0 aromatic heterocycles. The molecular formula is C12H15NO5. The maximum atomic E-state index is 11.2. The molecule has 0 saturated heterocycles. The van der Waals surface area contributed by atoms with E-state index in [-0.39, 0.29) is 26.1 Å². The van der Waals surface area contributed by atoms with Crippen LogP contribution in [-0.2, 0) is 14.3 Å². The summed E-state index contributed by atoms with van der Waals surface area (Å²) in [6.07, 6.45) is -0.147. The highest BCUT2D eigenvalue weighted by Gasteiger charge is 2.06. The molecule has 0 spiro atoms. The number of carbonyl (C=O) groups is 2. The zero-order valence-corrected chi connectivity index (χ0v) is 9.80. The van der Waals surface area contributed by atoms with Crippen LogP contribution < -0.4 is 10.5 Å². The highest BCUT2D eigenvalue weighted by Crippen LogP contribution is 2.19. The molecule has 1 aromatic rings. The van der Waals surface area contributed by atoms with Gasteiger partial charge in [-0.2, -0.15) is 0 Å². The number of esters is 1. The van der Waals surface area contributed by atoms with Crippen LogP contribution in [0.15, 0.2) is 24.3 Å². The minimum Gasteiger partial charge on any atom is -0.491 e. The number of hydrogen-bond donors (Lipinski definition) is 2. The summed E-state index contributed by atoms with van der Waals surface area (Å²) >= 11 is 0. The number of nitrogens with two attached hydrogens (primary N) is 1. The average Bonchev–Trinajstić information content (AvgIpc) is 2.31. The Hall–Kier alpha value is -2.24. The van der Waals surface area contributed by atoms with Gasteiger partial charge in [0.25, 0.3) is 0 Å². The maximum Gasteiger partial charge on any atom is 0.309 e. The number of benzene rings is 1. The van der Waals surface area contributed by atoms with Crippen molar-refractivity contribution in [3.63, 3.8) is 0 Å². The summed E-state index contributed by atoms with van der Waals surface area (Å²) in [5.74, 6) is -0.988. The van der Waals surface area contributed by atoms with Crippen LogP contribution in [-0.4, -0.2) is 30.3 Å². The van der Waals surface area contributed by atoms with E-state index in [2.05, 4.69) is 0 Å². The van der Waals surface area contributed by atoms with E-state index < -0.39 is 11.9 Å². The largest absolute Gasteiger partial charge is 0.491 e. The summed E-state index contributed by atoms with van der Waals surface area (Å²) in [4.78, 5) is 21.4. The van der Waals surface area contributed by atoms with Gasteiger partial charge < -0.3 is 20.3 Å².